The Balaban J connectivity index is 2.13. The molecule has 0 aromatic heterocycles. The molecule has 0 saturated carbocycles. The maximum atomic E-state index is 11.8. The number of nitrogens with one attached hydrogen (secondary N) is 2. The molecule has 2 N–H and O–H groups in total. The summed E-state index contributed by atoms with van der Waals surface area (Å²) in [6.07, 6.45) is 4.27. The number of amides is 1. The van der Waals surface area contributed by atoms with Gasteiger partial charge in [0, 0.05) is 26.3 Å². The third-order valence-corrected chi connectivity index (χ3v) is 3.51. The second-order valence-corrected chi connectivity index (χ2v) is 4.80. The fraction of sp³-hybridized carbons (Fsp3) is 0.923. The first-order chi connectivity index (χ1) is 8.27. The largest absolute Gasteiger partial charge is 0.381 e. The fourth-order valence-corrected chi connectivity index (χ4v) is 2.25. The first-order valence-corrected chi connectivity index (χ1v) is 6.78. The predicted molar refractivity (Wildman–Crippen MR) is 68.9 cm³/mol. The maximum Gasteiger partial charge on any atom is 0.224 e. The summed E-state index contributed by atoms with van der Waals surface area (Å²) in [5.41, 5.74) is 0. The molecule has 1 atom stereocenters. The van der Waals surface area contributed by atoms with Gasteiger partial charge in [0.25, 0.3) is 0 Å². The van der Waals surface area contributed by atoms with Crippen LogP contribution >= 0.6 is 0 Å². The van der Waals surface area contributed by atoms with Crippen molar-refractivity contribution in [3.63, 3.8) is 0 Å². The molecule has 1 unspecified atom stereocenters. The van der Waals surface area contributed by atoms with Crippen LogP contribution in [0.1, 0.15) is 32.6 Å². The van der Waals surface area contributed by atoms with E-state index in [4.69, 9.17) is 4.74 Å². The Kier molecular flexibility index (Phi) is 7.21. The van der Waals surface area contributed by atoms with Crippen molar-refractivity contribution in [1.82, 2.24) is 10.6 Å². The van der Waals surface area contributed by atoms with Gasteiger partial charge in [0.1, 0.15) is 0 Å². The minimum atomic E-state index is 0.106. The lowest BCUT2D eigenvalue weighted by Gasteiger charge is -2.22. The van der Waals surface area contributed by atoms with Gasteiger partial charge in [-0.25, -0.2) is 0 Å². The maximum absolute atomic E-state index is 11.8. The van der Waals surface area contributed by atoms with Crippen molar-refractivity contribution in [2.24, 2.45) is 11.8 Å². The predicted octanol–water partition coefficient (Wildman–Crippen LogP) is 1.16. The molecule has 1 aliphatic rings. The monoisotopic (exact) mass is 242 g/mol. The summed E-state index contributed by atoms with van der Waals surface area (Å²) in [5.74, 6) is 1.03. The number of hydrogen-bond donors (Lipinski definition) is 2. The van der Waals surface area contributed by atoms with Gasteiger partial charge in [-0.15, -0.1) is 0 Å². The van der Waals surface area contributed by atoms with Crippen LogP contribution in [0.25, 0.3) is 0 Å². The zero-order valence-electron chi connectivity index (χ0n) is 11.1. The van der Waals surface area contributed by atoms with Gasteiger partial charge in [-0.1, -0.05) is 6.92 Å². The second-order valence-electron chi connectivity index (χ2n) is 4.80. The molecule has 1 fully saturated rings. The first kappa shape index (κ1) is 14.5. The van der Waals surface area contributed by atoms with Crippen LogP contribution in [0.4, 0.5) is 0 Å². The van der Waals surface area contributed by atoms with Gasteiger partial charge in [-0.3, -0.25) is 4.79 Å². The molecule has 0 aliphatic carbocycles. The van der Waals surface area contributed by atoms with Gasteiger partial charge in [-0.2, -0.15) is 0 Å². The molecule has 1 saturated heterocycles. The molecule has 0 radical (unpaired) electrons. The molecule has 17 heavy (non-hydrogen) atoms. The minimum absolute atomic E-state index is 0.106. The van der Waals surface area contributed by atoms with Gasteiger partial charge in [-0.05, 0) is 38.6 Å². The van der Waals surface area contributed by atoms with E-state index in [0.717, 1.165) is 57.9 Å². The van der Waals surface area contributed by atoms with Crippen molar-refractivity contribution in [3.8, 4) is 0 Å². The summed E-state index contributed by atoms with van der Waals surface area (Å²) < 4.78 is 5.32. The third-order valence-electron chi connectivity index (χ3n) is 3.51. The molecule has 0 bridgehead atoms. The smallest absolute Gasteiger partial charge is 0.224 e. The molecule has 1 amide bonds. The Bertz CT molecular complexity index is 215. The van der Waals surface area contributed by atoms with Crippen molar-refractivity contribution in [3.05, 3.63) is 0 Å². The number of rotatable bonds is 7. The Morgan fingerprint density at radius 2 is 2.12 bits per heavy atom. The zero-order chi connectivity index (χ0) is 12.5. The lowest BCUT2D eigenvalue weighted by molar-refractivity contribution is -0.125. The van der Waals surface area contributed by atoms with E-state index in [1.807, 2.05) is 7.05 Å². The van der Waals surface area contributed by atoms with Crippen LogP contribution in [0.3, 0.4) is 0 Å². The highest BCUT2D eigenvalue weighted by molar-refractivity contribution is 5.78. The Morgan fingerprint density at radius 3 is 2.71 bits per heavy atom. The molecule has 0 aromatic rings. The summed E-state index contributed by atoms with van der Waals surface area (Å²) in [7, 11) is 1.89. The molecule has 100 valence electrons. The number of hydrogen-bond acceptors (Lipinski definition) is 3. The zero-order valence-corrected chi connectivity index (χ0v) is 11.1. The second kappa shape index (κ2) is 8.48. The van der Waals surface area contributed by atoms with Crippen molar-refractivity contribution in [1.29, 1.82) is 0 Å². The van der Waals surface area contributed by atoms with Gasteiger partial charge in [0.2, 0.25) is 5.91 Å². The number of carbonyl (C=O) groups is 1. The molecule has 0 aromatic carbocycles. The Morgan fingerprint density at radius 1 is 1.41 bits per heavy atom. The molecule has 4 nitrogen and oxygen atoms in total. The van der Waals surface area contributed by atoms with E-state index < -0.39 is 0 Å². The summed E-state index contributed by atoms with van der Waals surface area (Å²) in [6, 6.07) is 0. The quantitative estimate of drug-likeness (QED) is 0.704. The van der Waals surface area contributed by atoms with E-state index in [1.165, 1.54) is 0 Å². The Hall–Kier alpha value is -0.610. The third kappa shape index (κ3) is 5.50. The van der Waals surface area contributed by atoms with Crippen LogP contribution in [-0.4, -0.2) is 39.3 Å². The van der Waals surface area contributed by atoms with Crippen LogP contribution < -0.4 is 10.6 Å². The van der Waals surface area contributed by atoms with Crippen molar-refractivity contribution < 1.29 is 9.53 Å². The Labute approximate surface area is 104 Å². The molecule has 1 heterocycles. The van der Waals surface area contributed by atoms with E-state index in [-0.39, 0.29) is 11.8 Å². The average molecular weight is 242 g/mol. The lowest BCUT2D eigenvalue weighted by atomic mass is 9.96. The van der Waals surface area contributed by atoms with Gasteiger partial charge in [0.15, 0.2) is 0 Å². The molecular weight excluding hydrogens is 216 g/mol. The standard InChI is InChI=1S/C13H26N2O2/c1-3-12(10-14-2)13(16)15-7-4-11-5-8-17-9-6-11/h11-12,14H,3-10H2,1-2H3,(H,15,16). The van der Waals surface area contributed by atoms with Crippen molar-refractivity contribution in [2.45, 2.75) is 32.6 Å². The van der Waals surface area contributed by atoms with E-state index in [2.05, 4.69) is 17.6 Å². The van der Waals surface area contributed by atoms with Crippen LogP contribution in [-0.2, 0) is 9.53 Å². The van der Waals surface area contributed by atoms with Crippen molar-refractivity contribution in [2.75, 3.05) is 33.4 Å². The molecule has 1 aliphatic heterocycles. The minimum Gasteiger partial charge on any atom is -0.381 e. The van der Waals surface area contributed by atoms with E-state index in [1.54, 1.807) is 0 Å². The topological polar surface area (TPSA) is 50.4 Å². The molecule has 1 rings (SSSR count). The highest BCUT2D eigenvalue weighted by Gasteiger charge is 2.17. The molecule has 0 spiro atoms. The normalized spacial score (nSPS) is 18.9. The molecular formula is C13H26N2O2. The van der Waals surface area contributed by atoms with Gasteiger partial charge < -0.3 is 15.4 Å². The van der Waals surface area contributed by atoms with Crippen molar-refractivity contribution >= 4 is 5.91 Å². The van der Waals surface area contributed by atoms with Crippen LogP contribution in [0, 0.1) is 11.8 Å². The number of ether oxygens (including phenoxy) is 1. The lowest BCUT2D eigenvalue weighted by Crippen LogP contribution is -2.36. The summed E-state index contributed by atoms with van der Waals surface area (Å²) in [4.78, 5) is 11.8. The van der Waals surface area contributed by atoms with E-state index in [0.29, 0.717) is 0 Å². The fourth-order valence-electron chi connectivity index (χ4n) is 2.25. The summed E-state index contributed by atoms with van der Waals surface area (Å²) in [5, 5.41) is 6.11. The van der Waals surface area contributed by atoms with Gasteiger partial charge >= 0.3 is 0 Å². The summed E-state index contributed by atoms with van der Waals surface area (Å²) in [6.45, 7) is 5.40. The average Bonchev–Trinajstić information content (AvgIpc) is 2.37. The highest BCUT2D eigenvalue weighted by Crippen LogP contribution is 2.17. The number of carbonyl (C=O) groups excluding carboxylic acids is 1. The van der Waals surface area contributed by atoms with E-state index >= 15 is 0 Å². The van der Waals surface area contributed by atoms with Crippen LogP contribution in [0.5, 0.6) is 0 Å². The first-order valence-electron chi connectivity index (χ1n) is 6.78. The SMILES string of the molecule is CCC(CNC)C(=O)NCCC1CCOCC1. The molecule has 4 heteroatoms. The highest BCUT2D eigenvalue weighted by atomic mass is 16.5. The van der Waals surface area contributed by atoms with Crippen LogP contribution in [0.15, 0.2) is 0 Å². The van der Waals surface area contributed by atoms with Gasteiger partial charge in [0.05, 0.1) is 5.92 Å². The van der Waals surface area contributed by atoms with Crippen LogP contribution in [0.2, 0.25) is 0 Å². The summed E-state index contributed by atoms with van der Waals surface area (Å²) >= 11 is 0. The van der Waals surface area contributed by atoms with E-state index in [9.17, 15) is 4.79 Å².